The Bertz CT molecular complexity index is 1380. The number of pyridine rings is 1. The summed E-state index contributed by atoms with van der Waals surface area (Å²) in [5, 5.41) is 1.90. The number of fused-ring (bicyclic) bond motifs is 2. The van der Waals surface area contributed by atoms with Gasteiger partial charge in [0.15, 0.2) is 0 Å². The summed E-state index contributed by atoms with van der Waals surface area (Å²) in [5.74, 6) is 0.0915. The van der Waals surface area contributed by atoms with Crippen molar-refractivity contribution in [3.05, 3.63) is 75.6 Å². The molecule has 5 rings (SSSR count). The van der Waals surface area contributed by atoms with Crippen molar-refractivity contribution in [1.82, 2.24) is 14.8 Å². The minimum absolute atomic E-state index is 0.0915. The number of piperazine rings is 1. The number of carbonyl (C=O) groups excluding carboxylic acids is 1. The number of hydrogen-bond donors (Lipinski definition) is 0. The van der Waals surface area contributed by atoms with E-state index in [1.165, 1.54) is 5.56 Å². The average Bonchev–Trinajstić information content (AvgIpc) is 3.22. The second-order valence-corrected chi connectivity index (χ2v) is 9.08. The number of nitrogens with zero attached hydrogens (tertiary/aromatic N) is 3. The lowest BCUT2D eigenvalue weighted by molar-refractivity contribution is -0.132. The Kier molecular flexibility index (Phi) is 6.20. The number of rotatable bonds is 6. The first-order chi connectivity index (χ1) is 16.5. The van der Waals surface area contributed by atoms with E-state index in [4.69, 9.17) is 8.83 Å². The highest BCUT2D eigenvalue weighted by Crippen LogP contribution is 2.29. The smallest absolute Gasteiger partial charge is 0.339 e. The van der Waals surface area contributed by atoms with E-state index in [0.717, 1.165) is 61.0 Å². The van der Waals surface area contributed by atoms with E-state index in [-0.39, 0.29) is 11.5 Å². The second-order valence-electron chi connectivity index (χ2n) is 9.08. The van der Waals surface area contributed by atoms with E-state index >= 15 is 0 Å². The van der Waals surface area contributed by atoms with Gasteiger partial charge in [0.1, 0.15) is 11.2 Å². The third kappa shape index (κ3) is 4.48. The summed E-state index contributed by atoms with van der Waals surface area (Å²) in [6.07, 6.45) is 7.02. The lowest BCUT2D eigenvalue weighted by Gasteiger charge is -2.34. The van der Waals surface area contributed by atoms with E-state index < -0.39 is 0 Å². The summed E-state index contributed by atoms with van der Waals surface area (Å²) in [4.78, 5) is 33.9. The van der Waals surface area contributed by atoms with Gasteiger partial charge in [0.2, 0.25) is 5.91 Å². The van der Waals surface area contributed by atoms with Crippen LogP contribution in [0.25, 0.3) is 21.9 Å². The highest BCUT2D eigenvalue weighted by atomic mass is 16.4. The Hall–Kier alpha value is -3.45. The van der Waals surface area contributed by atoms with Gasteiger partial charge in [-0.1, -0.05) is 0 Å². The number of aryl methyl sites for hydroxylation is 2. The fourth-order valence-corrected chi connectivity index (χ4v) is 4.77. The molecule has 0 saturated carbocycles. The molecule has 0 spiro atoms. The van der Waals surface area contributed by atoms with Gasteiger partial charge in [-0.15, -0.1) is 0 Å². The molecule has 0 aliphatic carbocycles. The Morgan fingerprint density at radius 2 is 1.76 bits per heavy atom. The molecule has 1 aliphatic rings. The van der Waals surface area contributed by atoms with Crippen LogP contribution in [-0.4, -0.2) is 53.4 Å². The molecule has 1 saturated heterocycles. The lowest BCUT2D eigenvalue weighted by atomic mass is 10.0. The summed E-state index contributed by atoms with van der Waals surface area (Å²) in [5.41, 5.74) is 4.62. The number of aromatic nitrogens is 1. The van der Waals surface area contributed by atoms with Crippen LogP contribution in [0.4, 0.5) is 0 Å². The van der Waals surface area contributed by atoms with Gasteiger partial charge in [0.25, 0.3) is 0 Å². The maximum atomic E-state index is 12.9. The van der Waals surface area contributed by atoms with Crippen molar-refractivity contribution in [1.29, 1.82) is 0 Å². The molecule has 176 valence electrons. The summed E-state index contributed by atoms with van der Waals surface area (Å²) < 4.78 is 11.1. The van der Waals surface area contributed by atoms with Crippen LogP contribution in [-0.2, 0) is 17.6 Å². The minimum atomic E-state index is -0.374. The third-order valence-corrected chi connectivity index (χ3v) is 6.95. The van der Waals surface area contributed by atoms with Gasteiger partial charge in [-0.05, 0) is 61.6 Å². The Morgan fingerprint density at radius 1 is 1.00 bits per heavy atom. The standard InChI is InChI=1S/C27H29N3O4/c1-18-17-33-24-16-25-23(15-22(18)24)19(2)21(27(32)34-25)3-4-26(31)30-13-11-29(12-14-30)10-7-20-5-8-28-9-6-20/h5-6,8-9,15-17H,3-4,7,10-14H2,1-2H3. The zero-order chi connectivity index (χ0) is 23.7. The zero-order valence-corrected chi connectivity index (χ0v) is 19.7. The molecule has 7 nitrogen and oxygen atoms in total. The van der Waals surface area contributed by atoms with E-state index in [0.29, 0.717) is 29.6 Å². The molecule has 0 radical (unpaired) electrons. The minimum Gasteiger partial charge on any atom is -0.464 e. The van der Waals surface area contributed by atoms with Crippen LogP contribution in [0.5, 0.6) is 0 Å². The van der Waals surface area contributed by atoms with Gasteiger partial charge in [-0.3, -0.25) is 14.7 Å². The molecular weight excluding hydrogens is 430 g/mol. The topological polar surface area (TPSA) is 79.8 Å². The van der Waals surface area contributed by atoms with Gasteiger partial charge in [0, 0.05) is 73.9 Å². The van der Waals surface area contributed by atoms with E-state index in [9.17, 15) is 9.59 Å². The summed E-state index contributed by atoms with van der Waals surface area (Å²) in [7, 11) is 0. The highest BCUT2D eigenvalue weighted by Gasteiger charge is 2.22. The largest absolute Gasteiger partial charge is 0.464 e. The molecule has 7 heteroatoms. The predicted octanol–water partition coefficient (Wildman–Crippen LogP) is 3.87. The maximum Gasteiger partial charge on any atom is 0.339 e. The molecule has 3 aromatic heterocycles. The van der Waals surface area contributed by atoms with Crippen LogP contribution in [0.3, 0.4) is 0 Å². The summed E-state index contributed by atoms with van der Waals surface area (Å²) in [6.45, 7) is 8.08. The van der Waals surface area contributed by atoms with Crippen LogP contribution in [0, 0.1) is 13.8 Å². The van der Waals surface area contributed by atoms with Gasteiger partial charge in [-0.25, -0.2) is 4.79 Å². The molecule has 4 heterocycles. The van der Waals surface area contributed by atoms with E-state index in [1.54, 1.807) is 12.3 Å². The predicted molar refractivity (Wildman–Crippen MR) is 131 cm³/mol. The molecule has 1 aliphatic heterocycles. The number of carbonyl (C=O) groups is 1. The Labute approximate surface area is 198 Å². The molecule has 1 aromatic carbocycles. The second kappa shape index (κ2) is 9.43. The first-order valence-electron chi connectivity index (χ1n) is 11.8. The van der Waals surface area contributed by atoms with Gasteiger partial charge in [-0.2, -0.15) is 0 Å². The number of hydrogen-bond acceptors (Lipinski definition) is 6. The van der Waals surface area contributed by atoms with Crippen LogP contribution >= 0.6 is 0 Å². The van der Waals surface area contributed by atoms with Crippen LogP contribution < -0.4 is 5.63 Å². The normalized spacial score (nSPS) is 14.8. The summed E-state index contributed by atoms with van der Waals surface area (Å²) >= 11 is 0. The van der Waals surface area contributed by atoms with Crippen molar-refractivity contribution in [2.75, 3.05) is 32.7 Å². The first-order valence-corrected chi connectivity index (χ1v) is 11.8. The molecule has 0 atom stereocenters. The van der Waals surface area contributed by atoms with Crippen molar-refractivity contribution in [2.24, 2.45) is 0 Å². The third-order valence-electron chi connectivity index (χ3n) is 6.95. The molecule has 0 bridgehead atoms. The van der Waals surface area contributed by atoms with E-state index in [2.05, 4.69) is 9.88 Å². The fourth-order valence-electron chi connectivity index (χ4n) is 4.77. The molecule has 1 amide bonds. The average molecular weight is 460 g/mol. The molecule has 34 heavy (non-hydrogen) atoms. The highest BCUT2D eigenvalue weighted by molar-refractivity contribution is 5.96. The number of furan rings is 1. The SMILES string of the molecule is Cc1coc2cc3oc(=O)c(CCC(=O)N4CCN(CCc5ccncc5)CC4)c(C)c3cc12. The van der Waals surface area contributed by atoms with Crippen LogP contribution in [0.1, 0.15) is 28.7 Å². The molecule has 0 unspecified atom stereocenters. The van der Waals surface area contributed by atoms with Crippen molar-refractivity contribution >= 4 is 27.8 Å². The van der Waals surface area contributed by atoms with Gasteiger partial charge in [0.05, 0.1) is 6.26 Å². The van der Waals surface area contributed by atoms with Crippen molar-refractivity contribution in [3.8, 4) is 0 Å². The molecule has 0 N–H and O–H groups in total. The van der Waals surface area contributed by atoms with Crippen LogP contribution in [0.15, 0.2) is 56.6 Å². The first kappa shape index (κ1) is 22.3. The Balaban J connectivity index is 1.20. The number of amides is 1. The fraction of sp³-hybridized carbons (Fsp3) is 0.370. The Morgan fingerprint density at radius 3 is 2.53 bits per heavy atom. The quantitative estimate of drug-likeness (QED) is 0.407. The molecule has 1 fully saturated rings. The monoisotopic (exact) mass is 459 g/mol. The summed E-state index contributed by atoms with van der Waals surface area (Å²) in [6, 6.07) is 7.88. The lowest BCUT2D eigenvalue weighted by Crippen LogP contribution is -2.49. The molecule has 4 aromatic rings. The van der Waals surface area contributed by atoms with Crippen molar-refractivity contribution in [3.63, 3.8) is 0 Å². The number of benzene rings is 1. The van der Waals surface area contributed by atoms with Crippen LogP contribution in [0.2, 0.25) is 0 Å². The van der Waals surface area contributed by atoms with Crippen molar-refractivity contribution in [2.45, 2.75) is 33.1 Å². The zero-order valence-electron chi connectivity index (χ0n) is 19.7. The maximum absolute atomic E-state index is 12.9. The van der Waals surface area contributed by atoms with Gasteiger partial charge < -0.3 is 13.7 Å². The van der Waals surface area contributed by atoms with Crippen molar-refractivity contribution < 1.29 is 13.6 Å². The van der Waals surface area contributed by atoms with Gasteiger partial charge >= 0.3 is 5.63 Å². The van der Waals surface area contributed by atoms with E-state index in [1.807, 2.05) is 49.3 Å². The molecular formula is C27H29N3O4.